The molecule has 0 aromatic heterocycles. The molecule has 5 rings (SSSR count). The first-order valence-corrected chi connectivity index (χ1v) is 17.0. The zero-order valence-corrected chi connectivity index (χ0v) is 29.3. The summed E-state index contributed by atoms with van der Waals surface area (Å²) in [5, 5.41) is 26.3. The average molecular weight is 706 g/mol. The highest BCUT2D eigenvalue weighted by Gasteiger charge is 2.14. The van der Waals surface area contributed by atoms with E-state index in [0.29, 0.717) is 47.8 Å². The fourth-order valence-corrected chi connectivity index (χ4v) is 5.86. The van der Waals surface area contributed by atoms with Crippen LogP contribution >= 0.6 is 24.4 Å². The first-order chi connectivity index (χ1) is 24.3. The Bertz CT molecular complexity index is 1990. The lowest BCUT2D eigenvalue weighted by atomic mass is 10.1. The largest absolute Gasteiger partial charge is 0.466 e. The number of fused-ring (bicyclic) bond motifs is 2. The van der Waals surface area contributed by atoms with Crippen LogP contribution in [0.1, 0.15) is 24.0 Å². The molecule has 11 heteroatoms. The number of hydroxylamine groups is 2. The second-order valence-electron chi connectivity index (χ2n) is 11.6. The molecule has 0 bridgehead atoms. The van der Waals surface area contributed by atoms with Crippen molar-refractivity contribution in [2.75, 3.05) is 30.8 Å². The lowest BCUT2D eigenvalue weighted by molar-refractivity contribution is -0.159. The minimum atomic E-state index is -0.694. The van der Waals surface area contributed by atoms with Crippen LogP contribution in [-0.4, -0.2) is 57.5 Å². The zero-order chi connectivity index (χ0) is 35.3. The quantitative estimate of drug-likeness (QED) is 0.0247. The normalized spacial score (nSPS) is 10.9. The Hall–Kier alpha value is -5.36. The number of amides is 1. The summed E-state index contributed by atoms with van der Waals surface area (Å²) in [6.45, 7) is 1.79. The molecule has 5 aromatic carbocycles. The number of thiocarbonyl (C=S) groups is 2. The number of nitrogens with one attached hydrogen (secondary N) is 3. The van der Waals surface area contributed by atoms with E-state index in [0.717, 1.165) is 56.2 Å². The van der Waals surface area contributed by atoms with Crippen LogP contribution in [-0.2, 0) is 27.4 Å². The van der Waals surface area contributed by atoms with Crippen molar-refractivity contribution >= 4 is 79.5 Å². The van der Waals surface area contributed by atoms with Crippen molar-refractivity contribution in [2.45, 2.75) is 25.9 Å². The summed E-state index contributed by atoms with van der Waals surface area (Å²) in [5.74, 6) is -1.36. The van der Waals surface area contributed by atoms with Gasteiger partial charge in [-0.05, 0) is 71.3 Å². The topological polar surface area (TPSA) is 106 Å². The minimum Gasteiger partial charge on any atom is -0.466 e. The minimum absolute atomic E-state index is 0.0978. The number of unbranched alkanes of at least 4 members (excludes halogenated alkanes) is 1. The number of ether oxygens (including phenoxy) is 1. The highest BCUT2D eigenvalue weighted by molar-refractivity contribution is 7.80. The Labute approximate surface area is 302 Å². The monoisotopic (exact) mass is 705 g/mol. The van der Waals surface area contributed by atoms with E-state index < -0.39 is 11.9 Å². The molecule has 0 atom stereocenters. The van der Waals surface area contributed by atoms with Gasteiger partial charge in [0, 0.05) is 60.5 Å². The fraction of sp³-hybridized carbons (Fsp3) is 0.179. The molecule has 0 aliphatic carbocycles. The number of carbonyl (C=O) groups is 2. The van der Waals surface area contributed by atoms with Gasteiger partial charge in [0.1, 0.15) is 0 Å². The summed E-state index contributed by atoms with van der Waals surface area (Å²) in [7, 11) is 1.22. The third kappa shape index (κ3) is 10.1. The van der Waals surface area contributed by atoms with Gasteiger partial charge in [-0.25, -0.2) is 9.86 Å². The SMILES string of the molecule is COC(=O)C=CC(=O)N(O)CCCCN(Cc1ccc(CNC(=S)Nc2cccc3ccccc23)cc1)C(=S)Nc1cccc2ccccc12. The first-order valence-electron chi connectivity index (χ1n) is 16.2. The van der Waals surface area contributed by atoms with Gasteiger partial charge in [0.25, 0.3) is 5.91 Å². The molecule has 9 nitrogen and oxygen atoms in total. The molecule has 1 amide bonds. The second-order valence-corrected chi connectivity index (χ2v) is 12.3. The van der Waals surface area contributed by atoms with E-state index >= 15 is 0 Å². The molecule has 0 heterocycles. The van der Waals surface area contributed by atoms with Crippen molar-refractivity contribution < 1.29 is 19.5 Å². The van der Waals surface area contributed by atoms with E-state index in [4.69, 9.17) is 24.4 Å². The van der Waals surface area contributed by atoms with Gasteiger partial charge in [0.2, 0.25) is 0 Å². The summed E-state index contributed by atoms with van der Waals surface area (Å²) >= 11 is 11.5. The first kappa shape index (κ1) is 35.9. The molecule has 0 radical (unpaired) electrons. The summed E-state index contributed by atoms with van der Waals surface area (Å²) in [4.78, 5) is 25.5. The number of carbonyl (C=O) groups excluding carboxylic acids is 2. The Morgan fingerprint density at radius 1 is 0.720 bits per heavy atom. The van der Waals surface area contributed by atoms with Gasteiger partial charge in [0.05, 0.1) is 7.11 Å². The lowest BCUT2D eigenvalue weighted by Gasteiger charge is -2.27. The third-order valence-corrected chi connectivity index (χ3v) is 8.68. The molecule has 0 saturated carbocycles. The van der Waals surface area contributed by atoms with E-state index in [1.54, 1.807) is 0 Å². The van der Waals surface area contributed by atoms with E-state index in [9.17, 15) is 14.8 Å². The lowest BCUT2D eigenvalue weighted by Crippen LogP contribution is -2.35. The summed E-state index contributed by atoms with van der Waals surface area (Å²) in [5.41, 5.74) is 4.02. The Kier molecular flexibility index (Phi) is 12.8. The third-order valence-electron chi connectivity index (χ3n) is 8.07. The Balaban J connectivity index is 1.20. The average Bonchev–Trinajstić information content (AvgIpc) is 3.14. The molecule has 0 unspecified atom stereocenters. The van der Waals surface area contributed by atoms with Gasteiger partial charge in [-0.3, -0.25) is 10.0 Å². The zero-order valence-electron chi connectivity index (χ0n) is 27.7. The van der Waals surface area contributed by atoms with E-state index in [1.165, 1.54) is 7.11 Å². The van der Waals surface area contributed by atoms with Crippen molar-refractivity contribution in [2.24, 2.45) is 0 Å². The number of hydrogen-bond donors (Lipinski definition) is 4. The number of anilines is 2. The number of benzene rings is 5. The molecule has 0 aliphatic heterocycles. The molecule has 0 saturated heterocycles. The second kappa shape index (κ2) is 17.9. The predicted octanol–water partition coefficient (Wildman–Crippen LogP) is 7.41. The number of rotatable bonds is 13. The van der Waals surface area contributed by atoms with Crippen LogP contribution in [0.5, 0.6) is 0 Å². The molecule has 0 aliphatic rings. The molecular formula is C39H39N5O4S2. The number of esters is 1. The van der Waals surface area contributed by atoms with E-state index in [1.807, 2.05) is 48.5 Å². The van der Waals surface area contributed by atoms with Crippen molar-refractivity contribution in [3.05, 3.63) is 132 Å². The van der Waals surface area contributed by atoms with Crippen molar-refractivity contribution in [1.82, 2.24) is 15.3 Å². The molecule has 256 valence electrons. The van der Waals surface area contributed by atoms with Crippen LogP contribution in [0.3, 0.4) is 0 Å². The van der Waals surface area contributed by atoms with Crippen LogP contribution in [0.4, 0.5) is 11.4 Å². The van der Waals surface area contributed by atoms with E-state index in [-0.39, 0.29) is 6.54 Å². The molecule has 4 N–H and O–H groups in total. The standard InChI is InChI=1S/C39H39N5O4S2/c1-48-37(46)23-22-36(45)44(47)25-7-6-24-43(39(50)42-35-17-9-13-31-11-3-5-15-33(31)35)27-29-20-18-28(19-21-29)26-40-38(49)41-34-16-8-12-30-10-2-4-14-32(30)34/h2-5,8-23,47H,6-7,24-27H2,1H3,(H,42,50)(H2,40,41,49). The van der Waals surface area contributed by atoms with Gasteiger partial charge in [-0.2, -0.15) is 0 Å². The van der Waals surface area contributed by atoms with Gasteiger partial charge in [0.15, 0.2) is 10.2 Å². The Morgan fingerprint density at radius 3 is 1.92 bits per heavy atom. The maximum atomic E-state index is 12.1. The van der Waals surface area contributed by atoms with Gasteiger partial charge in [-0.1, -0.05) is 97.1 Å². The highest BCUT2D eigenvalue weighted by atomic mass is 32.1. The van der Waals surface area contributed by atoms with Crippen LogP contribution in [0.25, 0.3) is 21.5 Å². The van der Waals surface area contributed by atoms with Crippen LogP contribution in [0, 0.1) is 0 Å². The maximum absolute atomic E-state index is 12.1. The smallest absolute Gasteiger partial charge is 0.330 e. The summed E-state index contributed by atoms with van der Waals surface area (Å²) in [6.07, 6.45) is 3.11. The number of methoxy groups -OCH3 is 1. The highest BCUT2D eigenvalue weighted by Crippen LogP contribution is 2.24. The van der Waals surface area contributed by atoms with Crippen molar-refractivity contribution in [3.63, 3.8) is 0 Å². The van der Waals surface area contributed by atoms with Crippen molar-refractivity contribution in [1.29, 1.82) is 0 Å². The van der Waals surface area contributed by atoms with Crippen LogP contribution in [0.15, 0.2) is 121 Å². The number of nitrogens with zero attached hydrogens (tertiary/aromatic N) is 2. The van der Waals surface area contributed by atoms with Crippen LogP contribution < -0.4 is 16.0 Å². The molecule has 0 fully saturated rings. The van der Waals surface area contributed by atoms with Crippen molar-refractivity contribution in [3.8, 4) is 0 Å². The molecule has 5 aromatic rings. The van der Waals surface area contributed by atoms with Crippen LogP contribution in [0.2, 0.25) is 0 Å². The van der Waals surface area contributed by atoms with E-state index in [2.05, 4.69) is 86.3 Å². The summed E-state index contributed by atoms with van der Waals surface area (Å²) < 4.78 is 4.49. The Morgan fingerprint density at radius 2 is 1.28 bits per heavy atom. The van der Waals surface area contributed by atoms with Gasteiger partial charge >= 0.3 is 5.97 Å². The predicted molar refractivity (Wildman–Crippen MR) is 208 cm³/mol. The molecular weight excluding hydrogens is 667 g/mol. The van der Waals surface area contributed by atoms with Gasteiger partial charge < -0.3 is 25.6 Å². The van der Waals surface area contributed by atoms with Gasteiger partial charge in [-0.15, -0.1) is 0 Å². The molecule has 0 spiro atoms. The maximum Gasteiger partial charge on any atom is 0.330 e. The number of hydrogen-bond acceptors (Lipinski definition) is 6. The fourth-order valence-electron chi connectivity index (χ4n) is 5.42. The molecule has 50 heavy (non-hydrogen) atoms. The summed E-state index contributed by atoms with van der Waals surface area (Å²) in [6, 6.07) is 36.8.